The number of benzene rings is 3. The van der Waals surface area contributed by atoms with Crippen LogP contribution in [0.3, 0.4) is 0 Å². The zero-order chi connectivity index (χ0) is 24.8. The number of aromatic amines is 1. The maximum atomic E-state index is 13.0. The minimum atomic E-state index is -0.696. The summed E-state index contributed by atoms with van der Waals surface area (Å²) < 4.78 is 6.28. The molecule has 0 bridgehead atoms. The lowest BCUT2D eigenvalue weighted by Crippen LogP contribution is -2.13. The zero-order valence-electron chi connectivity index (χ0n) is 19.0. The number of nitrogens with zero attached hydrogens (tertiary/aromatic N) is 3. The summed E-state index contributed by atoms with van der Waals surface area (Å²) in [5.74, 6) is -0.455. The van der Waals surface area contributed by atoms with Gasteiger partial charge in [-0.05, 0) is 73.4 Å². The van der Waals surface area contributed by atoms with Crippen LogP contribution in [0.15, 0.2) is 87.8 Å². The third-order valence-corrected chi connectivity index (χ3v) is 5.31. The Labute approximate surface area is 201 Å². The van der Waals surface area contributed by atoms with Crippen molar-refractivity contribution in [3.05, 3.63) is 100.0 Å². The largest absolute Gasteiger partial charge is 0.508 e. The lowest BCUT2D eigenvalue weighted by Gasteiger charge is -2.05. The van der Waals surface area contributed by atoms with E-state index in [1.54, 1.807) is 43.3 Å². The Morgan fingerprint density at radius 2 is 1.71 bits per heavy atom. The van der Waals surface area contributed by atoms with Crippen LogP contribution < -0.4 is 5.56 Å². The van der Waals surface area contributed by atoms with Gasteiger partial charge in [0, 0.05) is 0 Å². The lowest BCUT2D eigenvalue weighted by atomic mass is 10.0. The summed E-state index contributed by atoms with van der Waals surface area (Å²) in [6, 6.07) is 20.5. The molecule has 0 atom stereocenters. The number of carbonyl (C=O) groups is 1. The third-order valence-electron chi connectivity index (χ3n) is 5.31. The minimum Gasteiger partial charge on any atom is -0.508 e. The van der Waals surface area contributed by atoms with Crippen LogP contribution in [0.2, 0.25) is 0 Å². The van der Waals surface area contributed by atoms with Crippen molar-refractivity contribution in [2.24, 2.45) is 10.2 Å². The molecular formula is C26H24N4O5. The first-order valence-electron chi connectivity index (χ1n) is 11.1. The highest BCUT2D eigenvalue weighted by atomic mass is 16.5. The number of H-pyrrole nitrogens is 1. The van der Waals surface area contributed by atoms with E-state index in [9.17, 15) is 19.8 Å². The van der Waals surface area contributed by atoms with Crippen molar-refractivity contribution >= 4 is 17.3 Å². The van der Waals surface area contributed by atoms with Crippen molar-refractivity contribution in [3.63, 3.8) is 0 Å². The molecule has 4 rings (SSSR count). The highest BCUT2D eigenvalue weighted by molar-refractivity contribution is 5.92. The molecule has 0 aliphatic rings. The van der Waals surface area contributed by atoms with Crippen LogP contribution in [-0.4, -0.2) is 32.6 Å². The van der Waals surface area contributed by atoms with E-state index in [1.807, 2.05) is 18.2 Å². The molecule has 3 N–H and O–H groups in total. The second kappa shape index (κ2) is 10.5. The number of aromatic hydroxyl groups is 2. The maximum absolute atomic E-state index is 13.0. The number of phenols is 2. The smallest absolute Gasteiger partial charge is 0.358 e. The number of aromatic nitrogens is 2. The van der Waals surface area contributed by atoms with Gasteiger partial charge >= 0.3 is 5.97 Å². The second-order valence-corrected chi connectivity index (χ2v) is 7.71. The molecule has 178 valence electrons. The van der Waals surface area contributed by atoms with Crippen LogP contribution in [0, 0.1) is 0 Å². The van der Waals surface area contributed by atoms with E-state index in [0.717, 1.165) is 5.56 Å². The molecule has 4 aromatic rings. The number of phenolic OH excluding ortho intramolecular Hbond substituents is 2. The number of aryl methyl sites for hydroxylation is 2. The average molecular weight is 473 g/mol. The summed E-state index contributed by atoms with van der Waals surface area (Å²) in [6.07, 6.45) is 1.19. The maximum Gasteiger partial charge on any atom is 0.358 e. The standard InChI is InChI=1S/C26H24N4O5/c1-2-35-26(34)24-23(25(33)30(29-24)20-6-4-3-5-7-20)28-27-19-12-9-17(10-13-19)8-11-18-16-21(31)14-15-22(18)32/h3-7,9-10,12-16,29,31-32H,2,8,11H2,1H3. The van der Waals surface area contributed by atoms with E-state index in [-0.39, 0.29) is 29.5 Å². The molecule has 0 aliphatic carbocycles. The fraction of sp³-hybridized carbons (Fsp3) is 0.154. The number of carbonyl (C=O) groups excluding carboxylic acids is 1. The molecule has 9 heteroatoms. The molecule has 0 saturated heterocycles. The van der Waals surface area contributed by atoms with Gasteiger partial charge < -0.3 is 14.9 Å². The summed E-state index contributed by atoms with van der Waals surface area (Å²) in [6.45, 7) is 1.82. The van der Waals surface area contributed by atoms with Crippen molar-refractivity contribution in [1.82, 2.24) is 9.78 Å². The number of esters is 1. The van der Waals surface area contributed by atoms with Gasteiger partial charge in [0.05, 0.1) is 18.0 Å². The average Bonchev–Trinajstić information content (AvgIpc) is 3.20. The molecule has 0 amide bonds. The first kappa shape index (κ1) is 23.5. The predicted molar refractivity (Wildman–Crippen MR) is 130 cm³/mol. The van der Waals surface area contributed by atoms with Crippen molar-refractivity contribution in [3.8, 4) is 17.2 Å². The number of ether oxygens (including phenoxy) is 1. The monoisotopic (exact) mass is 472 g/mol. The van der Waals surface area contributed by atoms with Gasteiger partial charge in [0.15, 0.2) is 11.4 Å². The molecule has 1 heterocycles. The highest BCUT2D eigenvalue weighted by Gasteiger charge is 2.22. The number of rotatable bonds is 8. The molecule has 0 aliphatic heterocycles. The van der Waals surface area contributed by atoms with E-state index >= 15 is 0 Å². The molecule has 35 heavy (non-hydrogen) atoms. The van der Waals surface area contributed by atoms with E-state index in [2.05, 4.69) is 15.3 Å². The zero-order valence-corrected chi connectivity index (χ0v) is 19.0. The van der Waals surface area contributed by atoms with Crippen LogP contribution in [0.4, 0.5) is 11.4 Å². The van der Waals surface area contributed by atoms with Gasteiger partial charge in [-0.15, -0.1) is 5.11 Å². The Morgan fingerprint density at radius 1 is 0.971 bits per heavy atom. The van der Waals surface area contributed by atoms with E-state index in [4.69, 9.17) is 4.74 Å². The molecule has 0 radical (unpaired) electrons. The highest BCUT2D eigenvalue weighted by Crippen LogP contribution is 2.25. The number of azo groups is 1. The molecule has 1 aromatic heterocycles. The summed E-state index contributed by atoms with van der Waals surface area (Å²) in [4.78, 5) is 25.4. The normalized spacial score (nSPS) is 11.1. The first-order valence-corrected chi connectivity index (χ1v) is 11.1. The molecule has 0 fully saturated rings. The first-order chi connectivity index (χ1) is 17.0. The van der Waals surface area contributed by atoms with Crippen LogP contribution in [0.1, 0.15) is 28.5 Å². The fourth-order valence-electron chi connectivity index (χ4n) is 3.51. The van der Waals surface area contributed by atoms with Crippen LogP contribution in [0.25, 0.3) is 5.69 Å². The topological polar surface area (TPSA) is 129 Å². The number of hydrogen-bond donors (Lipinski definition) is 3. The van der Waals surface area contributed by atoms with Crippen LogP contribution >= 0.6 is 0 Å². The lowest BCUT2D eigenvalue weighted by molar-refractivity contribution is 0.0520. The molecule has 0 saturated carbocycles. The van der Waals surface area contributed by atoms with E-state index < -0.39 is 11.5 Å². The predicted octanol–water partition coefficient (Wildman–Crippen LogP) is 4.95. The van der Waals surface area contributed by atoms with Gasteiger partial charge in [-0.3, -0.25) is 9.89 Å². The Hall–Kier alpha value is -4.66. The van der Waals surface area contributed by atoms with Gasteiger partial charge in [-0.25, -0.2) is 9.48 Å². The SMILES string of the molecule is CCOC(=O)c1[nH]n(-c2ccccc2)c(=O)c1N=Nc1ccc(CCc2cc(O)ccc2O)cc1. The Balaban J connectivity index is 1.55. The second-order valence-electron chi connectivity index (χ2n) is 7.71. The van der Waals surface area contributed by atoms with Crippen LogP contribution in [0.5, 0.6) is 11.5 Å². The molecule has 0 unspecified atom stereocenters. The quantitative estimate of drug-likeness (QED) is 0.190. The molecule has 0 spiro atoms. The molecule has 3 aromatic carbocycles. The Bertz CT molecular complexity index is 1410. The third kappa shape index (κ3) is 5.47. The van der Waals surface area contributed by atoms with Gasteiger partial charge in [-0.1, -0.05) is 30.3 Å². The fourth-order valence-corrected chi connectivity index (χ4v) is 3.51. The van der Waals surface area contributed by atoms with E-state index in [1.165, 1.54) is 22.9 Å². The van der Waals surface area contributed by atoms with Gasteiger partial charge in [0.2, 0.25) is 0 Å². The van der Waals surface area contributed by atoms with Crippen molar-refractivity contribution in [2.75, 3.05) is 6.61 Å². The van der Waals surface area contributed by atoms with E-state index in [0.29, 0.717) is 29.8 Å². The number of nitrogens with one attached hydrogen (secondary N) is 1. The van der Waals surface area contributed by atoms with Crippen molar-refractivity contribution < 1.29 is 19.7 Å². The Kier molecular flexibility index (Phi) is 7.06. The summed E-state index contributed by atoms with van der Waals surface area (Å²) >= 11 is 0. The molecular weight excluding hydrogens is 448 g/mol. The number of para-hydroxylation sites is 1. The Morgan fingerprint density at radius 3 is 2.43 bits per heavy atom. The van der Waals surface area contributed by atoms with Crippen LogP contribution in [-0.2, 0) is 17.6 Å². The van der Waals surface area contributed by atoms with Crippen molar-refractivity contribution in [1.29, 1.82) is 0 Å². The summed E-state index contributed by atoms with van der Waals surface area (Å²) in [5.41, 5.74) is 1.95. The number of hydrogen-bond acceptors (Lipinski definition) is 7. The molecule has 9 nitrogen and oxygen atoms in total. The van der Waals surface area contributed by atoms with Crippen molar-refractivity contribution in [2.45, 2.75) is 19.8 Å². The van der Waals surface area contributed by atoms with Gasteiger partial charge in [0.1, 0.15) is 11.5 Å². The van der Waals surface area contributed by atoms with Gasteiger partial charge in [-0.2, -0.15) is 5.11 Å². The minimum absolute atomic E-state index is 0.0769. The van der Waals surface area contributed by atoms with Gasteiger partial charge in [0.25, 0.3) is 5.56 Å². The summed E-state index contributed by atoms with van der Waals surface area (Å²) in [5, 5.41) is 30.5. The summed E-state index contributed by atoms with van der Waals surface area (Å²) in [7, 11) is 0.